The van der Waals surface area contributed by atoms with E-state index in [4.69, 9.17) is 0 Å². The van der Waals surface area contributed by atoms with E-state index in [0.29, 0.717) is 13.0 Å². The number of aryl methyl sites for hydroxylation is 1. The van der Waals surface area contributed by atoms with Gasteiger partial charge < -0.3 is 10.2 Å². The number of nitrogens with zero attached hydrogens (tertiary/aromatic N) is 1. The molecule has 0 bridgehead atoms. The third kappa shape index (κ3) is 5.80. The van der Waals surface area contributed by atoms with Gasteiger partial charge in [0.2, 0.25) is 5.91 Å². The van der Waals surface area contributed by atoms with Crippen molar-refractivity contribution in [3.05, 3.63) is 95.6 Å². The standard InChI is InChI=1S/C25H28N2O/c1-27(2)19-21-12-15-22(16-13-21)24-11-7-6-10-23(24)18-26-25(28)17-14-20-8-4-3-5-9-20/h3-13,15-16H,14,17-19H2,1-2H3,(H,26,28). The van der Waals surface area contributed by atoms with Crippen LogP contribution in [0.5, 0.6) is 0 Å². The molecule has 0 unspecified atom stereocenters. The fraction of sp³-hybridized carbons (Fsp3) is 0.240. The number of nitrogens with one attached hydrogen (secondary N) is 1. The van der Waals surface area contributed by atoms with Crippen LogP contribution < -0.4 is 5.32 Å². The number of amides is 1. The summed E-state index contributed by atoms with van der Waals surface area (Å²) in [6, 6.07) is 27.1. The quantitative estimate of drug-likeness (QED) is 0.623. The van der Waals surface area contributed by atoms with Crippen LogP contribution in [0.3, 0.4) is 0 Å². The van der Waals surface area contributed by atoms with Gasteiger partial charge in [0, 0.05) is 19.5 Å². The summed E-state index contributed by atoms with van der Waals surface area (Å²) in [5.41, 5.74) is 5.96. The van der Waals surface area contributed by atoms with Crippen LogP contribution in [0, 0.1) is 0 Å². The zero-order chi connectivity index (χ0) is 19.8. The zero-order valence-corrected chi connectivity index (χ0v) is 16.7. The molecule has 0 aromatic heterocycles. The third-order valence-corrected chi connectivity index (χ3v) is 4.74. The Morgan fingerprint density at radius 2 is 1.50 bits per heavy atom. The lowest BCUT2D eigenvalue weighted by atomic mass is 9.98. The van der Waals surface area contributed by atoms with Gasteiger partial charge in [-0.05, 0) is 48.3 Å². The summed E-state index contributed by atoms with van der Waals surface area (Å²) in [6.07, 6.45) is 1.27. The highest BCUT2D eigenvalue weighted by Crippen LogP contribution is 2.24. The van der Waals surface area contributed by atoms with Crippen LogP contribution in [0.1, 0.15) is 23.1 Å². The summed E-state index contributed by atoms with van der Waals surface area (Å²) in [4.78, 5) is 14.4. The predicted molar refractivity (Wildman–Crippen MR) is 116 cm³/mol. The summed E-state index contributed by atoms with van der Waals surface area (Å²) in [6.45, 7) is 1.47. The van der Waals surface area contributed by atoms with Crippen LogP contribution in [0.2, 0.25) is 0 Å². The summed E-state index contributed by atoms with van der Waals surface area (Å²) in [5, 5.41) is 3.07. The average molecular weight is 373 g/mol. The molecule has 3 heteroatoms. The van der Waals surface area contributed by atoms with Gasteiger partial charge in [0.05, 0.1) is 0 Å². The first-order chi connectivity index (χ1) is 13.6. The largest absolute Gasteiger partial charge is 0.352 e. The number of benzene rings is 3. The van der Waals surface area contributed by atoms with E-state index in [2.05, 4.69) is 72.8 Å². The molecule has 1 N–H and O–H groups in total. The van der Waals surface area contributed by atoms with Gasteiger partial charge in [-0.1, -0.05) is 78.9 Å². The van der Waals surface area contributed by atoms with Crippen LogP contribution in [-0.2, 0) is 24.3 Å². The Morgan fingerprint density at radius 3 is 2.21 bits per heavy atom. The number of carbonyl (C=O) groups excluding carboxylic acids is 1. The van der Waals surface area contributed by atoms with E-state index >= 15 is 0 Å². The first-order valence-corrected chi connectivity index (χ1v) is 9.74. The smallest absolute Gasteiger partial charge is 0.220 e. The molecule has 0 fully saturated rings. The van der Waals surface area contributed by atoms with E-state index in [9.17, 15) is 4.79 Å². The van der Waals surface area contributed by atoms with Gasteiger partial charge in [-0.15, -0.1) is 0 Å². The van der Waals surface area contributed by atoms with Crippen molar-refractivity contribution >= 4 is 5.91 Å². The Hall–Kier alpha value is -2.91. The van der Waals surface area contributed by atoms with E-state index in [1.807, 2.05) is 30.3 Å². The Kier molecular flexibility index (Phi) is 6.99. The Labute approximate surface area is 168 Å². The van der Waals surface area contributed by atoms with Crippen LogP contribution in [0.15, 0.2) is 78.9 Å². The van der Waals surface area contributed by atoms with Crippen molar-refractivity contribution in [2.24, 2.45) is 0 Å². The Bertz CT molecular complexity index is 886. The summed E-state index contributed by atoms with van der Waals surface area (Å²) >= 11 is 0. The fourth-order valence-corrected chi connectivity index (χ4v) is 3.30. The molecule has 144 valence electrons. The van der Waals surface area contributed by atoms with E-state index < -0.39 is 0 Å². The maximum Gasteiger partial charge on any atom is 0.220 e. The summed E-state index contributed by atoms with van der Waals surface area (Å²) in [5.74, 6) is 0.0833. The first kappa shape index (κ1) is 19.8. The maximum absolute atomic E-state index is 12.3. The highest BCUT2D eigenvalue weighted by atomic mass is 16.1. The highest BCUT2D eigenvalue weighted by molar-refractivity contribution is 5.77. The third-order valence-electron chi connectivity index (χ3n) is 4.74. The summed E-state index contributed by atoms with van der Waals surface area (Å²) in [7, 11) is 4.15. The lowest BCUT2D eigenvalue weighted by Crippen LogP contribution is -2.23. The highest BCUT2D eigenvalue weighted by Gasteiger charge is 2.07. The molecular weight excluding hydrogens is 344 g/mol. The van der Waals surface area contributed by atoms with E-state index in [1.54, 1.807) is 0 Å². The zero-order valence-electron chi connectivity index (χ0n) is 16.7. The van der Waals surface area contributed by atoms with Crippen molar-refractivity contribution in [1.82, 2.24) is 10.2 Å². The molecule has 3 aromatic rings. The van der Waals surface area contributed by atoms with E-state index in [0.717, 1.165) is 18.5 Å². The molecule has 0 saturated carbocycles. The molecular formula is C25H28N2O. The van der Waals surface area contributed by atoms with Crippen molar-refractivity contribution in [3.8, 4) is 11.1 Å². The second kappa shape index (κ2) is 9.86. The molecule has 0 saturated heterocycles. The normalized spacial score (nSPS) is 10.8. The fourth-order valence-electron chi connectivity index (χ4n) is 3.30. The minimum atomic E-state index is 0.0833. The van der Waals surface area contributed by atoms with Crippen LogP contribution in [0.25, 0.3) is 11.1 Å². The SMILES string of the molecule is CN(C)Cc1ccc(-c2ccccc2CNC(=O)CCc2ccccc2)cc1. The predicted octanol–water partition coefficient (Wildman–Crippen LogP) is 4.66. The van der Waals surface area contributed by atoms with Gasteiger partial charge in [0.25, 0.3) is 0 Å². The lowest BCUT2D eigenvalue weighted by Gasteiger charge is -2.13. The van der Waals surface area contributed by atoms with Gasteiger partial charge >= 0.3 is 0 Å². The van der Waals surface area contributed by atoms with Gasteiger partial charge in [-0.3, -0.25) is 4.79 Å². The maximum atomic E-state index is 12.3. The topological polar surface area (TPSA) is 32.3 Å². The van der Waals surface area contributed by atoms with Crippen molar-refractivity contribution in [2.75, 3.05) is 14.1 Å². The van der Waals surface area contributed by atoms with E-state index in [1.165, 1.54) is 22.3 Å². The van der Waals surface area contributed by atoms with Crippen LogP contribution >= 0.6 is 0 Å². The molecule has 3 rings (SSSR count). The van der Waals surface area contributed by atoms with Crippen molar-refractivity contribution in [2.45, 2.75) is 25.9 Å². The molecule has 0 aliphatic rings. The van der Waals surface area contributed by atoms with E-state index in [-0.39, 0.29) is 5.91 Å². The van der Waals surface area contributed by atoms with Gasteiger partial charge in [-0.25, -0.2) is 0 Å². The van der Waals surface area contributed by atoms with Crippen LogP contribution in [0.4, 0.5) is 0 Å². The molecule has 28 heavy (non-hydrogen) atoms. The minimum Gasteiger partial charge on any atom is -0.352 e. The molecule has 3 aromatic carbocycles. The number of rotatable bonds is 8. The molecule has 1 amide bonds. The molecule has 0 radical (unpaired) electrons. The van der Waals surface area contributed by atoms with Gasteiger partial charge in [0.15, 0.2) is 0 Å². The molecule has 0 spiro atoms. The minimum absolute atomic E-state index is 0.0833. The average Bonchev–Trinajstić information content (AvgIpc) is 2.72. The Morgan fingerprint density at radius 1 is 0.821 bits per heavy atom. The first-order valence-electron chi connectivity index (χ1n) is 9.74. The van der Waals surface area contributed by atoms with Gasteiger partial charge in [0.1, 0.15) is 0 Å². The second-order valence-corrected chi connectivity index (χ2v) is 7.35. The summed E-state index contributed by atoms with van der Waals surface area (Å²) < 4.78 is 0. The van der Waals surface area contributed by atoms with Crippen molar-refractivity contribution in [1.29, 1.82) is 0 Å². The van der Waals surface area contributed by atoms with Crippen molar-refractivity contribution < 1.29 is 4.79 Å². The molecule has 0 atom stereocenters. The van der Waals surface area contributed by atoms with Crippen molar-refractivity contribution in [3.63, 3.8) is 0 Å². The van der Waals surface area contributed by atoms with Crippen LogP contribution in [-0.4, -0.2) is 24.9 Å². The lowest BCUT2D eigenvalue weighted by molar-refractivity contribution is -0.121. The number of carbonyl (C=O) groups is 1. The number of hydrogen-bond donors (Lipinski definition) is 1. The Balaban J connectivity index is 1.61. The molecule has 0 heterocycles. The molecule has 0 aliphatic carbocycles. The van der Waals surface area contributed by atoms with Gasteiger partial charge in [-0.2, -0.15) is 0 Å². The number of hydrogen-bond acceptors (Lipinski definition) is 2. The molecule has 0 aliphatic heterocycles. The molecule has 3 nitrogen and oxygen atoms in total. The second-order valence-electron chi connectivity index (χ2n) is 7.35. The monoisotopic (exact) mass is 372 g/mol.